The molecule has 2 rings (SSSR count). The molecule has 0 unspecified atom stereocenters. The number of rotatable bonds is 5. The zero-order valence-corrected chi connectivity index (χ0v) is 9.94. The molecule has 3 nitrogen and oxygen atoms in total. The zero-order valence-electron chi connectivity index (χ0n) is 9.13. The van der Waals surface area contributed by atoms with Crippen molar-refractivity contribution < 1.29 is 14.6 Å². The third-order valence-corrected chi connectivity index (χ3v) is 3.23. The summed E-state index contributed by atoms with van der Waals surface area (Å²) in [4.78, 5) is 11.9. The van der Waals surface area contributed by atoms with Gasteiger partial charge in [-0.25, -0.2) is 4.79 Å². The summed E-state index contributed by atoms with van der Waals surface area (Å²) in [6.07, 6.45) is 0.873. The van der Waals surface area contributed by atoms with Gasteiger partial charge in [-0.3, -0.25) is 0 Å². The highest BCUT2D eigenvalue weighted by molar-refractivity contribution is 7.09. The summed E-state index contributed by atoms with van der Waals surface area (Å²) < 4.78 is 5.53. The molecule has 88 valence electrons. The highest BCUT2D eigenvalue weighted by Crippen LogP contribution is 2.14. The Morgan fingerprint density at radius 2 is 2.00 bits per heavy atom. The van der Waals surface area contributed by atoms with Crippen molar-refractivity contribution >= 4 is 17.3 Å². The Kier molecular flexibility index (Phi) is 3.77. The molecule has 1 aromatic heterocycles. The molecule has 17 heavy (non-hydrogen) atoms. The van der Waals surface area contributed by atoms with Gasteiger partial charge in [-0.2, -0.15) is 0 Å². The number of carboxylic acid groups (broad SMARTS) is 1. The van der Waals surface area contributed by atoms with Crippen LogP contribution in [-0.4, -0.2) is 17.7 Å². The third kappa shape index (κ3) is 3.32. The topological polar surface area (TPSA) is 46.5 Å². The second-order valence-electron chi connectivity index (χ2n) is 3.51. The van der Waals surface area contributed by atoms with Gasteiger partial charge in [-0.1, -0.05) is 6.07 Å². The first-order valence-corrected chi connectivity index (χ1v) is 6.12. The molecular weight excluding hydrogens is 236 g/mol. The van der Waals surface area contributed by atoms with Gasteiger partial charge in [-0.15, -0.1) is 11.3 Å². The minimum atomic E-state index is -0.921. The van der Waals surface area contributed by atoms with Crippen LogP contribution in [0.25, 0.3) is 0 Å². The number of hydrogen-bond donors (Lipinski definition) is 1. The number of thiophene rings is 1. The summed E-state index contributed by atoms with van der Waals surface area (Å²) in [6, 6.07) is 10.5. The quantitative estimate of drug-likeness (QED) is 0.884. The number of ether oxygens (including phenoxy) is 1. The number of carboxylic acids is 1. The smallest absolute Gasteiger partial charge is 0.335 e. The Balaban J connectivity index is 1.85. The maximum atomic E-state index is 10.6. The Labute approximate surface area is 103 Å². The van der Waals surface area contributed by atoms with Gasteiger partial charge in [0.2, 0.25) is 0 Å². The summed E-state index contributed by atoms with van der Waals surface area (Å²) in [5, 5.41) is 10.8. The molecular formula is C13H12O3S. The van der Waals surface area contributed by atoms with Crippen molar-refractivity contribution in [3.05, 3.63) is 52.2 Å². The predicted octanol–water partition coefficient (Wildman–Crippen LogP) is 3.07. The molecule has 0 fully saturated rings. The van der Waals surface area contributed by atoms with E-state index in [9.17, 15) is 4.79 Å². The van der Waals surface area contributed by atoms with Crippen LogP contribution in [0.4, 0.5) is 0 Å². The molecule has 0 atom stereocenters. The molecule has 0 saturated heterocycles. The van der Waals surface area contributed by atoms with Crippen LogP contribution < -0.4 is 4.74 Å². The van der Waals surface area contributed by atoms with Crippen molar-refractivity contribution in [1.82, 2.24) is 0 Å². The predicted molar refractivity (Wildman–Crippen MR) is 66.9 cm³/mol. The van der Waals surface area contributed by atoms with Gasteiger partial charge in [0, 0.05) is 11.3 Å². The lowest BCUT2D eigenvalue weighted by molar-refractivity contribution is 0.0697. The lowest BCUT2D eigenvalue weighted by Gasteiger charge is -2.05. The molecule has 1 N–H and O–H groups in total. The van der Waals surface area contributed by atoms with E-state index in [2.05, 4.69) is 6.07 Å². The van der Waals surface area contributed by atoms with Crippen molar-refractivity contribution in [1.29, 1.82) is 0 Å². The summed E-state index contributed by atoms with van der Waals surface area (Å²) in [7, 11) is 0. The normalized spacial score (nSPS) is 10.1. The van der Waals surface area contributed by atoms with Crippen molar-refractivity contribution in [3.63, 3.8) is 0 Å². The highest BCUT2D eigenvalue weighted by atomic mass is 32.1. The fourth-order valence-corrected chi connectivity index (χ4v) is 2.11. The average molecular weight is 248 g/mol. The van der Waals surface area contributed by atoms with Gasteiger partial charge in [-0.05, 0) is 35.7 Å². The molecule has 4 heteroatoms. The van der Waals surface area contributed by atoms with E-state index in [0.717, 1.165) is 6.42 Å². The zero-order chi connectivity index (χ0) is 12.1. The molecule has 1 heterocycles. The largest absolute Gasteiger partial charge is 0.493 e. The summed E-state index contributed by atoms with van der Waals surface area (Å²) in [5.74, 6) is -0.221. The molecule has 0 aliphatic carbocycles. The van der Waals surface area contributed by atoms with E-state index >= 15 is 0 Å². The van der Waals surface area contributed by atoms with Crippen LogP contribution in [0.5, 0.6) is 5.75 Å². The first-order valence-electron chi connectivity index (χ1n) is 5.24. The van der Waals surface area contributed by atoms with E-state index in [1.807, 2.05) is 11.4 Å². The van der Waals surface area contributed by atoms with E-state index in [4.69, 9.17) is 9.84 Å². The van der Waals surface area contributed by atoms with Crippen LogP contribution in [-0.2, 0) is 6.42 Å². The Morgan fingerprint density at radius 3 is 2.59 bits per heavy atom. The van der Waals surface area contributed by atoms with Crippen molar-refractivity contribution in [2.75, 3.05) is 6.61 Å². The van der Waals surface area contributed by atoms with Crippen LogP contribution in [0, 0.1) is 0 Å². The van der Waals surface area contributed by atoms with Gasteiger partial charge >= 0.3 is 5.97 Å². The first kappa shape index (κ1) is 11.7. The molecule has 0 saturated carbocycles. The lowest BCUT2D eigenvalue weighted by atomic mass is 10.2. The van der Waals surface area contributed by atoms with Gasteiger partial charge in [0.05, 0.1) is 12.2 Å². The van der Waals surface area contributed by atoms with E-state index in [1.54, 1.807) is 35.6 Å². The van der Waals surface area contributed by atoms with Crippen molar-refractivity contribution in [3.8, 4) is 5.75 Å². The fraction of sp³-hybridized carbons (Fsp3) is 0.154. The minimum absolute atomic E-state index is 0.274. The number of hydrogen-bond acceptors (Lipinski definition) is 3. The van der Waals surface area contributed by atoms with Crippen LogP contribution in [0.1, 0.15) is 15.2 Å². The lowest BCUT2D eigenvalue weighted by Crippen LogP contribution is -2.01. The molecule has 0 aliphatic heterocycles. The molecule has 1 aromatic carbocycles. The molecule has 0 spiro atoms. The first-order chi connectivity index (χ1) is 8.25. The monoisotopic (exact) mass is 248 g/mol. The van der Waals surface area contributed by atoms with E-state index in [-0.39, 0.29) is 5.56 Å². The number of aromatic carboxylic acids is 1. The standard InChI is InChI=1S/C13H12O3S/c14-13(15)10-3-5-11(6-4-10)16-8-7-12-2-1-9-17-12/h1-6,9H,7-8H2,(H,14,15). The summed E-state index contributed by atoms with van der Waals surface area (Å²) in [5.41, 5.74) is 0.274. The Morgan fingerprint density at radius 1 is 1.24 bits per heavy atom. The Bertz CT molecular complexity index is 474. The van der Waals surface area contributed by atoms with Crippen molar-refractivity contribution in [2.45, 2.75) is 6.42 Å². The maximum Gasteiger partial charge on any atom is 0.335 e. The van der Waals surface area contributed by atoms with Crippen LogP contribution in [0.2, 0.25) is 0 Å². The minimum Gasteiger partial charge on any atom is -0.493 e. The molecule has 0 amide bonds. The molecule has 2 aromatic rings. The van der Waals surface area contributed by atoms with Crippen molar-refractivity contribution in [2.24, 2.45) is 0 Å². The van der Waals surface area contributed by atoms with Crippen LogP contribution in [0.15, 0.2) is 41.8 Å². The van der Waals surface area contributed by atoms with Crippen LogP contribution >= 0.6 is 11.3 Å². The maximum absolute atomic E-state index is 10.6. The summed E-state index contributed by atoms with van der Waals surface area (Å²) >= 11 is 1.71. The van der Waals surface area contributed by atoms with Gasteiger partial charge < -0.3 is 9.84 Å². The third-order valence-electron chi connectivity index (χ3n) is 2.30. The fourth-order valence-electron chi connectivity index (χ4n) is 1.42. The van der Waals surface area contributed by atoms with Crippen LogP contribution in [0.3, 0.4) is 0 Å². The molecule has 0 aliphatic rings. The van der Waals surface area contributed by atoms with E-state index in [1.165, 1.54) is 4.88 Å². The van der Waals surface area contributed by atoms with Gasteiger partial charge in [0.15, 0.2) is 0 Å². The van der Waals surface area contributed by atoms with Gasteiger partial charge in [0.1, 0.15) is 5.75 Å². The SMILES string of the molecule is O=C(O)c1ccc(OCCc2cccs2)cc1. The van der Waals surface area contributed by atoms with Gasteiger partial charge in [0.25, 0.3) is 0 Å². The second kappa shape index (κ2) is 5.50. The van der Waals surface area contributed by atoms with E-state index < -0.39 is 5.97 Å². The summed E-state index contributed by atoms with van der Waals surface area (Å²) in [6.45, 7) is 0.604. The molecule has 0 radical (unpaired) electrons. The average Bonchev–Trinajstić information content (AvgIpc) is 2.83. The second-order valence-corrected chi connectivity index (χ2v) is 4.54. The highest BCUT2D eigenvalue weighted by Gasteiger charge is 2.02. The molecule has 0 bridgehead atoms. The number of benzene rings is 1. The number of carbonyl (C=O) groups is 1. The Hall–Kier alpha value is -1.81. The van der Waals surface area contributed by atoms with E-state index in [0.29, 0.717) is 12.4 Å².